The van der Waals surface area contributed by atoms with Crippen molar-refractivity contribution in [2.24, 2.45) is 0 Å². The van der Waals surface area contributed by atoms with E-state index in [-0.39, 0.29) is 0 Å². The lowest BCUT2D eigenvalue weighted by Gasteiger charge is -2.08. The minimum Gasteiger partial charge on any atom is -0.379 e. The lowest BCUT2D eigenvalue weighted by molar-refractivity contribution is 0.185. The average Bonchev–Trinajstić information content (AvgIpc) is 2.95. The van der Waals surface area contributed by atoms with Crippen molar-refractivity contribution in [1.29, 1.82) is 0 Å². The minimum atomic E-state index is 0.347. The Morgan fingerprint density at radius 2 is 2.35 bits per heavy atom. The van der Waals surface area contributed by atoms with Crippen LogP contribution >= 0.6 is 0 Å². The second-order valence-corrected chi connectivity index (χ2v) is 4.88. The van der Waals surface area contributed by atoms with Crippen LogP contribution in [-0.4, -0.2) is 28.0 Å². The predicted molar refractivity (Wildman–Crippen MR) is 66.1 cm³/mol. The molecule has 1 fully saturated rings. The molecule has 1 atom stereocenters. The smallest absolute Gasteiger partial charge is 0.158 e. The number of aromatic nitrogens is 3. The highest BCUT2D eigenvalue weighted by atomic mass is 16.5. The van der Waals surface area contributed by atoms with E-state index in [4.69, 9.17) is 9.84 Å². The highest BCUT2D eigenvalue weighted by Gasteiger charge is 2.23. The van der Waals surface area contributed by atoms with Gasteiger partial charge in [0.05, 0.1) is 18.3 Å². The van der Waals surface area contributed by atoms with Gasteiger partial charge in [-0.3, -0.25) is 0 Å². The van der Waals surface area contributed by atoms with E-state index in [0.29, 0.717) is 12.0 Å². The third-order valence-electron chi connectivity index (χ3n) is 3.29. The Hall–Kier alpha value is -1.42. The molecule has 2 aromatic heterocycles. The fourth-order valence-electron chi connectivity index (χ4n) is 2.39. The normalized spacial score (nSPS) is 20.5. The topological polar surface area (TPSA) is 39.9 Å². The summed E-state index contributed by atoms with van der Waals surface area (Å²) < 4.78 is 7.49. The molecule has 1 saturated heterocycles. The van der Waals surface area contributed by atoms with Crippen molar-refractivity contribution in [1.82, 2.24) is 14.8 Å². The van der Waals surface area contributed by atoms with Gasteiger partial charge in [0.25, 0.3) is 0 Å². The maximum Gasteiger partial charge on any atom is 0.158 e. The third kappa shape index (κ3) is 1.72. The van der Waals surface area contributed by atoms with E-state index in [9.17, 15) is 0 Å². The number of ether oxygens (including phenoxy) is 1. The maximum absolute atomic E-state index is 5.44. The molecule has 90 valence electrons. The summed E-state index contributed by atoms with van der Waals surface area (Å²) in [6.07, 6.45) is 2.87. The number of rotatable bonds is 2. The first-order valence-electron chi connectivity index (χ1n) is 6.18. The Morgan fingerprint density at radius 3 is 3.06 bits per heavy atom. The van der Waals surface area contributed by atoms with Crippen molar-refractivity contribution < 1.29 is 4.74 Å². The SMILES string of the molecule is CC(C)c1nn(C2CCOC2)c2ncccc12. The summed E-state index contributed by atoms with van der Waals surface area (Å²) in [5.74, 6) is 0.422. The summed E-state index contributed by atoms with van der Waals surface area (Å²) in [5.41, 5.74) is 2.13. The molecular formula is C13H17N3O. The number of fused-ring (bicyclic) bond motifs is 1. The molecule has 0 bridgehead atoms. The standard InChI is InChI=1S/C13H17N3O/c1-9(2)12-11-4-3-6-14-13(11)16(15-12)10-5-7-17-8-10/h3-4,6,9-10H,5,7-8H2,1-2H3. The van der Waals surface area contributed by atoms with Crippen LogP contribution in [0.1, 0.15) is 37.9 Å². The quantitative estimate of drug-likeness (QED) is 0.797. The minimum absolute atomic E-state index is 0.347. The van der Waals surface area contributed by atoms with Gasteiger partial charge >= 0.3 is 0 Å². The number of nitrogens with zero attached hydrogens (tertiary/aromatic N) is 3. The van der Waals surface area contributed by atoms with E-state index in [2.05, 4.69) is 29.6 Å². The van der Waals surface area contributed by atoms with Gasteiger partial charge < -0.3 is 4.74 Å². The van der Waals surface area contributed by atoms with E-state index < -0.39 is 0 Å². The van der Waals surface area contributed by atoms with Gasteiger partial charge in [0.1, 0.15) is 0 Å². The highest BCUT2D eigenvalue weighted by molar-refractivity contribution is 5.78. The molecule has 4 heteroatoms. The predicted octanol–water partition coefficient (Wildman–Crippen LogP) is 2.52. The molecule has 1 unspecified atom stereocenters. The number of hydrogen-bond donors (Lipinski definition) is 0. The van der Waals surface area contributed by atoms with Crippen LogP contribution in [0.2, 0.25) is 0 Å². The fraction of sp³-hybridized carbons (Fsp3) is 0.538. The van der Waals surface area contributed by atoms with Crippen molar-refractivity contribution >= 4 is 11.0 Å². The molecule has 0 amide bonds. The van der Waals surface area contributed by atoms with Gasteiger partial charge in [0, 0.05) is 18.2 Å². The van der Waals surface area contributed by atoms with Crippen molar-refractivity contribution in [2.75, 3.05) is 13.2 Å². The number of hydrogen-bond acceptors (Lipinski definition) is 3. The van der Waals surface area contributed by atoms with Gasteiger partial charge in [-0.2, -0.15) is 5.10 Å². The Kier molecular flexibility index (Phi) is 2.59. The zero-order chi connectivity index (χ0) is 11.8. The van der Waals surface area contributed by atoms with Crippen LogP contribution < -0.4 is 0 Å². The van der Waals surface area contributed by atoms with Crippen molar-refractivity contribution in [3.63, 3.8) is 0 Å². The molecule has 3 heterocycles. The summed E-state index contributed by atoms with van der Waals surface area (Å²) >= 11 is 0. The molecule has 3 rings (SSSR count). The van der Waals surface area contributed by atoms with E-state index in [1.54, 1.807) is 0 Å². The molecule has 4 nitrogen and oxygen atoms in total. The molecular weight excluding hydrogens is 214 g/mol. The van der Waals surface area contributed by atoms with Gasteiger partial charge in [-0.15, -0.1) is 0 Å². The summed E-state index contributed by atoms with van der Waals surface area (Å²) in [7, 11) is 0. The monoisotopic (exact) mass is 231 g/mol. The summed E-state index contributed by atoms with van der Waals surface area (Å²) in [6.45, 7) is 5.93. The summed E-state index contributed by atoms with van der Waals surface area (Å²) in [5, 5.41) is 5.92. The summed E-state index contributed by atoms with van der Waals surface area (Å²) in [4.78, 5) is 4.47. The molecule has 0 radical (unpaired) electrons. The van der Waals surface area contributed by atoms with E-state index in [0.717, 1.165) is 31.0 Å². The first kappa shape index (κ1) is 10.7. The van der Waals surface area contributed by atoms with E-state index in [1.165, 1.54) is 5.39 Å². The van der Waals surface area contributed by atoms with Crippen molar-refractivity contribution in [3.05, 3.63) is 24.0 Å². The van der Waals surface area contributed by atoms with Gasteiger partial charge in [0.2, 0.25) is 0 Å². The van der Waals surface area contributed by atoms with Crippen molar-refractivity contribution in [3.8, 4) is 0 Å². The largest absolute Gasteiger partial charge is 0.379 e. The van der Waals surface area contributed by atoms with Crippen LogP contribution in [0.25, 0.3) is 11.0 Å². The first-order chi connectivity index (χ1) is 8.27. The van der Waals surface area contributed by atoms with Gasteiger partial charge in [-0.1, -0.05) is 13.8 Å². The van der Waals surface area contributed by atoms with Crippen LogP contribution in [0.4, 0.5) is 0 Å². The third-order valence-corrected chi connectivity index (χ3v) is 3.29. The zero-order valence-corrected chi connectivity index (χ0v) is 10.3. The maximum atomic E-state index is 5.44. The molecule has 2 aromatic rings. The zero-order valence-electron chi connectivity index (χ0n) is 10.3. The van der Waals surface area contributed by atoms with Crippen molar-refractivity contribution in [2.45, 2.75) is 32.2 Å². The van der Waals surface area contributed by atoms with Crippen LogP contribution in [0, 0.1) is 0 Å². The molecule has 0 aliphatic carbocycles. The van der Waals surface area contributed by atoms with Crippen LogP contribution in [0.5, 0.6) is 0 Å². The van der Waals surface area contributed by atoms with Crippen LogP contribution in [0.3, 0.4) is 0 Å². The van der Waals surface area contributed by atoms with Gasteiger partial charge in [-0.25, -0.2) is 9.67 Å². The Morgan fingerprint density at radius 1 is 1.47 bits per heavy atom. The molecule has 1 aliphatic heterocycles. The molecule has 17 heavy (non-hydrogen) atoms. The number of pyridine rings is 1. The highest BCUT2D eigenvalue weighted by Crippen LogP contribution is 2.28. The van der Waals surface area contributed by atoms with E-state index in [1.807, 2.05) is 12.3 Å². The van der Waals surface area contributed by atoms with E-state index >= 15 is 0 Å². The Labute approximate surface area is 101 Å². The molecule has 0 aromatic carbocycles. The van der Waals surface area contributed by atoms with Gasteiger partial charge in [0.15, 0.2) is 5.65 Å². The second kappa shape index (κ2) is 4.11. The molecule has 0 saturated carbocycles. The molecule has 1 aliphatic rings. The Bertz CT molecular complexity index is 526. The van der Waals surface area contributed by atoms with Gasteiger partial charge in [-0.05, 0) is 24.5 Å². The lowest BCUT2D eigenvalue weighted by atomic mass is 10.1. The first-order valence-corrected chi connectivity index (χ1v) is 6.18. The lowest BCUT2D eigenvalue weighted by Crippen LogP contribution is -2.11. The Balaban J connectivity index is 2.17. The fourth-order valence-corrected chi connectivity index (χ4v) is 2.39. The molecule has 0 N–H and O–H groups in total. The molecule has 0 spiro atoms. The van der Waals surface area contributed by atoms with Crippen LogP contribution in [-0.2, 0) is 4.74 Å². The summed E-state index contributed by atoms with van der Waals surface area (Å²) in [6, 6.07) is 4.43. The second-order valence-electron chi connectivity index (χ2n) is 4.88. The van der Waals surface area contributed by atoms with Crippen LogP contribution in [0.15, 0.2) is 18.3 Å². The average molecular weight is 231 g/mol.